The summed E-state index contributed by atoms with van der Waals surface area (Å²) in [5.41, 5.74) is 12.7. The zero-order valence-electron chi connectivity index (χ0n) is 14.4. The molecule has 0 bridgehead atoms. The molecule has 0 aromatic heterocycles. The second kappa shape index (κ2) is 7.57. The highest BCUT2D eigenvalue weighted by atomic mass is 16.2. The molecular formula is C17H27N5O. The van der Waals surface area contributed by atoms with Crippen molar-refractivity contribution in [3.63, 3.8) is 0 Å². The van der Waals surface area contributed by atoms with E-state index < -0.39 is 0 Å². The topological polar surface area (TPSA) is 82.8 Å². The zero-order valence-corrected chi connectivity index (χ0v) is 14.4. The van der Waals surface area contributed by atoms with Crippen molar-refractivity contribution in [1.82, 2.24) is 10.7 Å². The number of amides is 1. The van der Waals surface area contributed by atoms with E-state index in [4.69, 9.17) is 5.73 Å². The summed E-state index contributed by atoms with van der Waals surface area (Å²) >= 11 is 0. The molecular weight excluding hydrogens is 290 g/mol. The minimum atomic E-state index is -0.179. The molecule has 2 heterocycles. The average Bonchev–Trinajstić information content (AvgIpc) is 2.91. The number of anilines is 1. The molecule has 1 aromatic carbocycles. The first kappa shape index (κ1) is 17.4. The Bertz CT molecular complexity index is 599. The summed E-state index contributed by atoms with van der Waals surface area (Å²) in [6.07, 6.45) is 0.806. The van der Waals surface area contributed by atoms with Crippen molar-refractivity contribution in [1.29, 1.82) is 0 Å². The molecule has 2 aliphatic rings. The van der Waals surface area contributed by atoms with Crippen molar-refractivity contribution >= 4 is 17.3 Å². The number of carbonyl (C=O) groups is 1. The Balaban J connectivity index is 0.000000595. The van der Waals surface area contributed by atoms with Gasteiger partial charge in [0.15, 0.2) is 0 Å². The van der Waals surface area contributed by atoms with Crippen molar-refractivity contribution in [3.05, 3.63) is 29.3 Å². The summed E-state index contributed by atoms with van der Waals surface area (Å²) < 4.78 is 0. The van der Waals surface area contributed by atoms with Crippen LogP contribution in [-0.4, -0.2) is 44.8 Å². The molecule has 126 valence electrons. The van der Waals surface area contributed by atoms with Crippen molar-refractivity contribution < 1.29 is 4.79 Å². The number of benzene rings is 1. The van der Waals surface area contributed by atoms with Crippen molar-refractivity contribution in [2.45, 2.75) is 26.3 Å². The highest BCUT2D eigenvalue weighted by Gasteiger charge is 2.43. The highest BCUT2D eigenvalue weighted by Crippen LogP contribution is 2.35. The van der Waals surface area contributed by atoms with E-state index in [1.54, 1.807) is 0 Å². The van der Waals surface area contributed by atoms with Crippen LogP contribution in [0, 0.1) is 12.8 Å². The lowest BCUT2D eigenvalue weighted by Crippen LogP contribution is -2.48. The lowest BCUT2D eigenvalue weighted by atomic mass is 9.85. The predicted molar refractivity (Wildman–Crippen MR) is 94.8 cm³/mol. The average molecular weight is 317 g/mol. The first-order valence-electron chi connectivity index (χ1n) is 8.09. The maximum Gasteiger partial charge on any atom is 0.238 e. The molecule has 23 heavy (non-hydrogen) atoms. The summed E-state index contributed by atoms with van der Waals surface area (Å²) in [6.45, 7) is 5.32. The Labute approximate surface area is 138 Å². The van der Waals surface area contributed by atoms with Gasteiger partial charge in [0.2, 0.25) is 5.91 Å². The lowest BCUT2D eigenvalue weighted by Gasteiger charge is -2.34. The highest BCUT2D eigenvalue weighted by molar-refractivity contribution is 6.24. The number of nitrogens with one attached hydrogen (secondary N) is 2. The lowest BCUT2D eigenvalue weighted by molar-refractivity contribution is -0.121. The summed E-state index contributed by atoms with van der Waals surface area (Å²) in [7, 11) is 3.75. The second-order valence-corrected chi connectivity index (χ2v) is 6.05. The van der Waals surface area contributed by atoms with Gasteiger partial charge in [0.25, 0.3) is 0 Å². The number of carbonyl (C=O) groups excluding carboxylic acids is 1. The summed E-state index contributed by atoms with van der Waals surface area (Å²) in [6, 6.07) is 6.21. The minimum absolute atomic E-state index is 0.0477. The van der Waals surface area contributed by atoms with Crippen molar-refractivity contribution in [2.24, 2.45) is 16.8 Å². The first-order chi connectivity index (χ1) is 11.0. The summed E-state index contributed by atoms with van der Waals surface area (Å²) in [5, 5.41) is 7.13. The number of nitrogens with two attached hydrogens (primary N) is 1. The monoisotopic (exact) mass is 317 g/mol. The molecule has 6 nitrogen and oxygen atoms in total. The maximum absolute atomic E-state index is 12.7. The van der Waals surface area contributed by atoms with Crippen LogP contribution in [0.15, 0.2) is 23.3 Å². The van der Waals surface area contributed by atoms with E-state index in [2.05, 4.69) is 28.8 Å². The van der Waals surface area contributed by atoms with E-state index in [0.29, 0.717) is 13.1 Å². The number of aryl methyl sites for hydroxylation is 1. The van der Waals surface area contributed by atoms with E-state index in [-0.39, 0.29) is 17.9 Å². The molecule has 1 aromatic rings. The number of hydrogen-bond donors (Lipinski definition) is 3. The van der Waals surface area contributed by atoms with Gasteiger partial charge >= 0.3 is 0 Å². The van der Waals surface area contributed by atoms with Gasteiger partial charge in [-0.1, -0.05) is 11.6 Å². The van der Waals surface area contributed by atoms with Crippen LogP contribution in [-0.2, 0) is 4.79 Å². The van der Waals surface area contributed by atoms with Crippen LogP contribution in [0.2, 0.25) is 0 Å². The predicted octanol–water partition coefficient (Wildman–Crippen LogP) is 0.838. The molecule has 0 aliphatic carbocycles. The minimum Gasteiger partial charge on any atom is -0.330 e. The third-order valence-corrected chi connectivity index (χ3v) is 4.02. The van der Waals surface area contributed by atoms with E-state index in [1.165, 1.54) is 5.56 Å². The number of hydrazone groups is 1. The normalized spacial score (nSPS) is 21.7. The SMILES string of the molecule is CNC.Cc1ccc2c(c1)C1=NNC(C)C1C(=O)N2CCCN. The fraction of sp³-hybridized carbons (Fsp3) is 0.529. The molecule has 2 aliphatic heterocycles. The Morgan fingerprint density at radius 2 is 2.09 bits per heavy atom. The van der Waals surface area contributed by atoms with Crippen molar-refractivity contribution in [2.75, 3.05) is 32.1 Å². The van der Waals surface area contributed by atoms with Crippen LogP contribution in [0.3, 0.4) is 0 Å². The molecule has 2 unspecified atom stereocenters. The molecule has 6 heteroatoms. The Hall–Kier alpha value is -1.92. The third kappa shape index (κ3) is 3.38. The molecule has 1 amide bonds. The zero-order chi connectivity index (χ0) is 17.0. The van der Waals surface area contributed by atoms with Crippen LogP contribution in [0.4, 0.5) is 5.69 Å². The van der Waals surface area contributed by atoms with Gasteiger partial charge in [-0.15, -0.1) is 0 Å². The van der Waals surface area contributed by atoms with Gasteiger partial charge in [-0.25, -0.2) is 0 Å². The quantitative estimate of drug-likeness (QED) is 0.771. The Morgan fingerprint density at radius 1 is 1.39 bits per heavy atom. The second-order valence-electron chi connectivity index (χ2n) is 6.05. The van der Waals surface area contributed by atoms with E-state index in [1.807, 2.05) is 38.1 Å². The van der Waals surface area contributed by atoms with E-state index in [9.17, 15) is 4.79 Å². The third-order valence-electron chi connectivity index (χ3n) is 4.02. The molecule has 4 N–H and O–H groups in total. The Morgan fingerprint density at radius 3 is 2.74 bits per heavy atom. The molecule has 0 fully saturated rings. The Kier molecular flexibility index (Phi) is 5.74. The summed E-state index contributed by atoms with van der Waals surface area (Å²) in [5.74, 6) is -0.0480. The fourth-order valence-corrected chi connectivity index (χ4v) is 2.97. The molecule has 2 atom stereocenters. The number of rotatable bonds is 3. The molecule has 0 spiro atoms. The first-order valence-corrected chi connectivity index (χ1v) is 8.09. The van der Waals surface area contributed by atoms with Crippen LogP contribution < -0.4 is 21.4 Å². The fourth-order valence-electron chi connectivity index (χ4n) is 2.97. The standard InChI is InChI=1S/C15H20N4O.C2H7N/c1-9-4-5-12-11(8-9)14-13(10(2)17-18-14)15(20)19(12)7-3-6-16;1-3-2/h4-5,8,10,13,17H,3,6-7,16H2,1-2H3;3H,1-2H3. The molecule has 0 saturated carbocycles. The van der Waals surface area contributed by atoms with Crippen molar-refractivity contribution in [3.8, 4) is 0 Å². The van der Waals surface area contributed by atoms with Gasteiger partial charge in [0, 0.05) is 12.1 Å². The number of fused-ring (bicyclic) bond motifs is 3. The molecule has 0 saturated heterocycles. The van der Waals surface area contributed by atoms with Gasteiger partial charge in [-0.05, 0) is 53.0 Å². The van der Waals surface area contributed by atoms with Crippen LogP contribution in [0.5, 0.6) is 0 Å². The van der Waals surface area contributed by atoms with Gasteiger partial charge < -0.3 is 21.4 Å². The summed E-state index contributed by atoms with van der Waals surface area (Å²) in [4.78, 5) is 14.6. The van der Waals surface area contributed by atoms with Crippen LogP contribution >= 0.6 is 0 Å². The number of hydrogen-bond acceptors (Lipinski definition) is 5. The van der Waals surface area contributed by atoms with Crippen LogP contribution in [0.25, 0.3) is 0 Å². The molecule has 3 rings (SSSR count). The largest absolute Gasteiger partial charge is 0.330 e. The van der Waals surface area contributed by atoms with E-state index >= 15 is 0 Å². The smallest absolute Gasteiger partial charge is 0.238 e. The van der Waals surface area contributed by atoms with Gasteiger partial charge in [0.1, 0.15) is 5.92 Å². The van der Waals surface area contributed by atoms with Gasteiger partial charge in [-0.2, -0.15) is 5.10 Å². The van der Waals surface area contributed by atoms with Gasteiger partial charge in [-0.3, -0.25) is 4.79 Å². The van der Waals surface area contributed by atoms with E-state index in [0.717, 1.165) is 23.4 Å². The maximum atomic E-state index is 12.7. The van der Waals surface area contributed by atoms with Crippen LogP contribution in [0.1, 0.15) is 24.5 Å². The number of nitrogens with zero attached hydrogens (tertiary/aromatic N) is 2. The molecule has 0 radical (unpaired) electrons. The van der Waals surface area contributed by atoms with Gasteiger partial charge in [0.05, 0.1) is 17.4 Å².